The van der Waals surface area contributed by atoms with Gasteiger partial charge >= 0.3 is 5.97 Å². The number of rotatable bonds is 31. The number of amides is 8. The Hall–Kier alpha value is -8.31. The number of para-hydroxylation sites is 1. The summed E-state index contributed by atoms with van der Waals surface area (Å²) in [6.45, 7) is 4.44. The van der Waals surface area contributed by atoms with Crippen LogP contribution in [-0.4, -0.2) is 130 Å². The van der Waals surface area contributed by atoms with Crippen molar-refractivity contribution < 1.29 is 47.9 Å². The molecule has 0 aliphatic rings. The minimum Gasteiger partial charge on any atom is -0.465 e. The van der Waals surface area contributed by atoms with E-state index in [0.29, 0.717) is 29.7 Å². The molecule has 0 saturated carbocycles. The molecule has 0 saturated heterocycles. The van der Waals surface area contributed by atoms with E-state index in [-0.39, 0.29) is 70.5 Å². The number of primary amides is 1. The van der Waals surface area contributed by atoms with Crippen LogP contribution in [0.1, 0.15) is 82.5 Å². The van der Waals surface area contributed by atoms with Crippen LogP contribution in [0.3, 0.4) is 0 Å². The molecule has 394 valence electrons. The number of aromatic nitrogens is 3. The molecule has 4 aromatic rings. The maximum absolute atomic E-state index is 14.6. The lowest BCUT2D eigenvalue weighted by atomic mass is 10.0. The lowest BCUT2D eigenvalue weighted by molar-refractivity contribution is -0.143. The van der Waals surface area contributed by atoms with Crippen molar-refractivity contribution >= 4 is 70.1 Å². The van der Waals surface area contributed by atoms with E-state index >= 15 is 0 Å². The number of nitrogens with two attached hydrogens (primary N) is 3. The number of unbranched alkanes of at least 4 members (excludes halogenated alkanes) is 1. The van der Waals surface area contributed by atoms with Gasteiger partial charge in [-0.1, -0.05) is 68.3 Å². The molecule has 8 amide bonds. The molecule has 73 heavy (non-hydrogen) atoms. The first kappa shape index (κ1) is 57.3. The molecule has 0 aliphatic heterocycles. The zero-order valence-electron chi connectivity index (χ0n) is 41.3. The lowest BCUT2D eigenvalue weighted by Crippen LogP contribution is -2.60. The number of H-pyrrole nitrogens is 2. The van der Waals surface area contributed by atoms with Crippen molar-refractivity contribution in [3.05, 3.63) is 90.1 Å². The van der Waals surface area contributed by atoms with E-state index in [9.17, 15) is 43.2 Å². The summed E-state index contributed by atoms with van der Waals surface area (Å²) in [4.78, 5) is 135. The molecule has 24 nitrogen and oxygen atoms in total. The Morgan fingerprint density at radius 3 is 1.79 bits per heavy atom. The fourth-order valence-corrected chi connectivity index (χ4v) is 7.72. The third-order valence-corrected chi connectivity index (χ3v) is 11.4. The molecule has 2 heterocycles. The number of ether oxygens (including phenoxy) is 1. The largest absolute Gasteiger partial charge is 0.465 e. The summed E-state index contributed by atoms with van der Waals surface area (Å²) < 4.78 is 4.97. The van der Waals surface area contributed by atoms with E-state index in [1.165, 1.54) is 19.4 Å². The summed E-state index contributed by atoms with van der Waals surface area (Å²) in [6, 6.07) is 8.15. The van der Waals surface area contributed by atoms with Crippen LogP contribution in [0.15, 0.2) is 78.3 Å². The minimum atomic E-state index is -1.43. The second-order valence-corrected chi connectivity index (χ2v) is 17.2. The predicted molar refractivity (Wildman–Crippen MR) is 269 cm³/mol. The summed E-state index contributed by atoms with van der Waals surface area (Å²) in [6.07, 6.45) is 5.24. The normalized spacial score (nSPS) is 13.4. The van der Waals surface area contributed by atoms with Gasteiger partial charge in [-0.25, -0.2) is 4.98 Å². The van der Waals surface area contributed by atoms with Gasteiger partial charge in [-0.2, -0.15) is 0 Å². The molecule has 0 bridgehead atoms. The number of aromatic amines is 2. The van der Waals surface area contributed by atoms with Gasteiger partial charge < -0.3 is 69.1 Å². The van der Waals surface area contributed by atoms with Gasteiger partial charge in [0.05, 0.1) is 12.9 Å². The third-order valence-electron chi connectivity index (χ3n) is 11.4. The molecule has 0 aliphatic carbocycles. The number of nitrogens with one attached hydrogen (secondary N) is 9. The van der Waals surface area contributed by atoms with Crippen LogP contribution in [0.5, 0.6) is 0 Å². The van der Waals surface area contributed by atoms with E-state index in [1.807, 2.05) is 31.2 Å². The molecule has 0 fully saturated rings. The Kier molecular flexibility index (Phi) is 23.4. The molecule has 15 N–H and O–H groups in total. The van der Waals surface area contributed by atoms with Crippen molar-refractivity contribution in [1.29, 1.82) is 0 Å². The van der Waals surface area contributed by atoms with E-state index in [2.05, 4.69) is 57.2 Å². The maximum atomic E-state index is 14.6. The quantitative estimate of drug-likeness (QED) is 0.0125. The molecule has 4 rings (SSSR count). The first-order chi connectivity index (χ1) is 35.0. The summed E-state index contributed by atoms with van der Waals surface area (Å²) >= 11 is 0. The highest BCUT2D eigenvalue weighted by atomic mass is 16.5. The summed E-state index contributed by atoms with van der Waals surface area (Å²) in [5, 5.41) is 19.4. The van der Waals surface area contributed by atoms with Crippen molar-refractivity contribution in [2.45, 2.75) is 121 Å². The Bertz CT molecular complexity index is 2510. The van der Waals surface area contributed by atoms with Crippen LogP contribution in [0, 0.1) is 0 Å². The van der Waals surface area contributed by atoms with Gasteiger partial charge in [-0.05, 0) is 49.8 Å². The summed E-state index contributed by atoms with van der Waals surface area (Å²) in [7, 11) is 0. The van der Waals surface area contributed by atoms with Gasteiger partial charge in [-0.3, -0.25) is 48.1 Å². The van der Waals surface area contributed by atoms with Crippen LogP contribution in [0.2, 0.25) is 0 Å². The van der Waals surface area contributed by atoms with E-state index in [4.69, 9.17) is 21.9 Å². The topological polar surface area (TPSA) is 382 Å². The van der Waals surface area contributed by atoms with Crippen LogP contribution >= 0.6 is 0 Å². The van der Waals surface area contributed by atoms with Crippen molar-refractivity contribution in [1.82, 2.24) is 52.2 Å². The molecular formula is C49H68N14O10. The van der Waals surface area contributed by atoms with Gasteiger partial charge in [0.15, 0.2) is 5.96 Å². The van der Waals surface area contributed by atoms with Gasteiger partial charge in [0.1, 0.15) is 42.8 Å². The van der Waals surface area contributed by atoms with Crippen molar-refractivity contribution in [2.75, 3.05) is 19.7 Å². The van der Waals surface area contributed by atoms with E-state index in [1.54, 1.807) is 43.5 Å². The average Bonchev–Trinajstić information content (AvgIpc) is 4.03. The van der Waals surface area contributed by atoms with Crippen LogP contribution in [-0.2, 0) is 67.2 Å². The number of esters is 1. The van der Waals surface area contributed by atoms with Crippen molar-refractivity contribution in [3.63, 3.8) is 0 Å². The Morgan fingerprint density at radius 2 is 1.21 bits per heavy atom. The standard InChI is InChI=1S/C49H68N14O10/c1-4-6-16-35(58-29(3)64)44(68)60-37(19-20-41(50)65)46(70)63-40(24-32-26-53-28-57-32)48(72)61-38(22-30-13-8-7-9-14-30)47(71)59-36(18-12-21-54-49(51)52)45(69)62-39(43(67)56-27-42(66)73-5-2)23-31-25-55-34-17-11-10-15-33(31)34/h7-11,13-15,17,25-26,28,35-40,55H,4-6,12,16,18-24,27H2,1-3H3,(H2,50,65)(H,53,57)(H,56,67)(H,58,64)(H,59,71)(H,60,68)(H,61,72)(H,62,69)(H,63,70)(H4,51,52,54)/t35-,36-,37-,38+,39+,40-/m0/s1. The fraction of sp³-hybridized carbons (Fsp3) is 0.449. The van der Waals surface area contributed by atoms with Crippen molar-refractivity contribution in [3.8, 4) is 0 Å². The molecule has 24 heteroatoms. The number of hydrogen-bond donors (Lipinski definition) is 12. The monoisotopic (exact) mass is 1010 g/mol. The Labute approximate surface area is 422 Å². The van der Waals surface area contributed by atoms with Gasteiger partial charge in [0, 0.05) is 68.1 Å². The van der Waals surface area contributed by atoms with Crippen LogP contribution in [0.4, 0.5) is 0 Å². The maximum Gasteiger partial charge on any atom is 0.325 e. The van der Waals surface area contributed by atoms with Crippen molar-refractivity contribution in [2.24, 2.45) is 22.2 Å². The number of guanidine groups is 1. The zero-order valence-corrected chi connectivity index (χ0v) is 41.3. The number of hydrogen-bond acceptors (Lipinski definition) is 12. The smallest absolute Gasteiger partial charge is 0.325 e. The number of imidazole rings is 1. The molecule has 2 aromatic heterocycles. The molecule has 0 spiro atoms. The molecular weight excluding hydrogens is 945 g/mol. The number of carbonyl (C=O) groups excluding carboxylic acids is 9. The second kappa shape index (κ2) is 29.8. The van der Waals surface area contributed by atoms with Crippen LogP contribution in [0.25, 0.3) is 10.9 Å². The zero-order chi connectivity index (χ0) is 53.3. The number of carbonyl (C=O) groups is 9. The number of benzene rings is 2. The summed E-state index contributed by atoms with van der Waals surface area (Å²) in [5.41, 5.74) is 19.0. The van der Waals surface area contributed by atoms with Gasteiger partial charge in [0.2, 0.25) is 47.3 Å². The lowest BCUT2D eigenvalue weighted by Gasteiger charge is -2.28. The van der Waals surface area contributed by atoms with E-state index in [0.717, 1.165) is 10.9 Å². The predicted octanol–water partition coefficient (Wildman–Crippen LogP) is -0.964. The van der Waals surface area contributed by atoms with Gasteiger partial charge in [0.25, 0.3) is 0 Å². The van der Waals surface area contributed by atoms with Crippen LogP contribution < -0.4 is 54.4 Å². The number of aliphatic imine (C=N–C) groups is 1. The first-order valence-corrected chi connectivity index (χ1v) is 24.1. The molecule has 6 atom stereocenters. The first-order valence-electron chi connectivity index (χ1n) is 24.1. The molecule has 0 unspecified atom stereocenters. The number of fused-ring (bicyclic) bond motifs is 1. The average molecular weight is 1010 g/mol. The highest BCUT2D eigenvalue weighted by molar-refractivity contribution is 5.98. The third kappa shape index (κ3) is 19.8. The van der Waals surface area contributed by atoms with E-state index < -0.39 is 96.0 Å². The molecule has 2 aromatic carbocycles. The minimum absolute atomic E-state index is 0.0307. The SMILES string of the molecule is CCCC[C@H](NC(C)=O)C(=O)N[C@@H](CCC(N)=O)C(=O)N[C@@H](Cc1cnc[nH]1)C(=O)N[C@H](Cc1ccccc1)C(=O)N[C@@H](CCCN=C(N)N)C(=O)N[C@H](Cc1c[nH]c2ccccc12)C(=O)NCC(=O)OCC. The fourth-order valence-electron chi connectivity index (χ4n) is 7.72. The van der Waals surface area contributed by atoms with Gasteiger partial charge in [-0.15, -0.1) is 0 Å². The second-order valence-electron chi connectivity index (χ2n) is 17.2. The number of nitrogens with zero attached hydrogens (tertiary/aromatic N) is 2. The molecule has 0 radical (unpaired) electrons. The summed E-state index contributed by atoms with van der Waals surface area (Å²) in [5.74, 6) is -6.88. The highest BCUT2D eigenvalue weighted by Crippen LogP contribution is 2.20. The Balaban J connectivity index is 1.66. The Morgan fingerprint density at radius 1 is 0.644 bits per heavy atom. The highest BCUT2D eigenvalue weighted by Gasteiger charge is 2.34.